The first-order chi connectivity index (χ1) is 13.1. The topological polar surface area (TPSA) is 3.24 Å². The summed E-state index contributed by atoms with van der Waals surface area (Å²) in [5.74, 6) is 0. The molecule has 28 heavy (non-hydrogen) atoms. The fourth-order valence-electron chi connectivity index (χ4n) is 4.91. The monoisotopic (exact) mass is 371 g/mol. The lowest BCUT2D eigenvalue weighted by atomic mass is 9.96. The summed E-state index contributed by atoms with van der Waals surface area (Å²) in [5, 5.41) is 0. The van der Waals surface area contributed by atoms with Gasteiger partial charge in [0, 0.05) is 0 Å². The number of rotatable bonds is 3. The zero-order chi connectivity index (χ0) is 20.7. The largest absolute Gasteiger partial charge is 0.309 e. The first kappa shape index (κ1) is 20.2. The average molecular weight is 372 g/mol. The Hall–Kier alpha value is -2.54. The molecule has 1 nitrogen and oxygen atoms in total. The summed E-state index contributed by atoms with van der Waals surface area (Å²) < 4.78 is 0. The van der Waals surface area contributed by atoms with Crippen LogP contribution in [-0.2, 0) is 0 Å². The molecule has 0 spiro atoms. The van der Waals surface area contributed by atoms with E-state index >= 15 is 0 Å². The Morgan fingerprint density at radius 3 is 0.714 bits per heavy atom. The first-order valence-corrected chi connectivity index (χ1v) is 10.1. The maximum atomic E-state index is 2.51. The fraction of sp³-hybridized carbons (Fsp3) is 0.333. The van der Waals surface area contributed by atoms with Crippen LogP contribution in [0.2, 0.25) is 0 Å². The summed E-state index contributed by atoms with van der Waals surface area (Å²) >= 11 is 0. The summed E-state index contributed by atoms with van der Waals surface area (Å²) in [5.41, 5.74) is 15.7. The van der Waals surface area contributed by atoms with Crippen molar-refractivity contribution in [1.82, 2.24) is 0 Å². The molecule has 0 heterocycles. The van der Waals surface area contributed by atoms with Crippen LogP contribution in [0.25, 0.3) is 0 Å². The molecule has 0 unspecified atom stereocenters. The molecule has 0 saturated carbocycles. The summed E-state index contributed by atoms with van der Waals surface area (Å²) in [6.45, 7) is 20.0. The van der Waals surface area contributed by atoms with Crippen molar-refractivity contribution < 1.29 is 0 Å². The maximum absolute atomic E-state index is 2.51. The number of hydrogen-bond acceptors (Lipinski definition) is 1. The van der Waals surface area contributed by atoms with Crippen molar-refractivity contribution >= 4 is 17.1 Å². The lowest BCUT2D eigenvalue weighted by Crippen LogP contribution is -2.18. The van der Waals surface area contributed by atoms with Gasteiger partial charge in [-0.3, -0.25) is 0 Å². The van der Waals surface area contributed by atoms with Gasteiger partial charge in [0.1, 0.15) is 0 Å². The summed E-state index contributed by atoms with van der Waals surface area (Å²) in [6, 6.07) is 13.8. The van der Waals surface area contributed by atoms with Crippen LogP contribution in [0.15, 0.2) is 36.4 Å². The standard InChI is InChI=1S/C27H33N/c1-16-10-19(4)25(20(5)11-16)28(26-21(6)12-17(2)13-22(26)7)27-23(8)14-18(3)15-24(27)9/h10-15H,1-9H3. The quantitative estimate of drug-likeness (QED) is 0.452. The van der Waals surface area contributed by atoms with Crippen molar-refractivity contribution in [3.63, 3.8) is 0 Å². The summed E-state index contributed by atoms with van der Waals surface area (Å²) in [4.78, 5) is 2.51. The summed E-state index contributed by atoms with van der Waals surface area (Å²) in [6.07, 6.45) is 0. The van der Waals surface area contributed by atoms with E-state index in [0.717, 1.165) is 0 Å². The number of anilines is 3. The zero-order valence-electron chi connectivity index (χ0n) is 18.9. The van der Waals surface area contributed by atoms with Crippen LogP contribution in [0.5, 0.6) is 0 Å². The maximum Gasteiger partial charge on any atom is 0.0520 e. The van der Waals surface area contributed by atoms with Crippen LogP contribution in [0.1, 0.15) is 50.1 Å². The number of aryl methyl sites for hydroxylation is 9. The van der Waals surface area contributed by atoms with Gasteiger partial charge in [0.2, 0.25) is 0 Å². The van der Waals surface area contributed by atoms with E-state index in [1.165, 1.54) is 67.1 Å². The first-order valence-electron chi connectivity index (χ1n) is 10.1. The van der Waals surface area contributed by atoms with E-state index in [4.69, 9.17) is 0 Å². The Bertz CT molecular complexity index is 850. The SMILES string of the molecule is Cc1cc(C)c(N(c2c(C)cc(C)cc2C)c2c(C)cc(C)cc2C)c(C)c1. The molecule has 0 amide bonds. The molecule has 0 bridgehead atoms. The van der Waals surface area contributed by atoms with Crippen molar-refractivity contribution in [2.75, 3.05) is 4.90 Å². The summed E-state index contributed by atoms with van der Waals surface area (Å²) in [7, 11) is 0. The van der Waals surface area contributed by atoms with E-state index in [-0.39, 0.29) is 0 Å². The predicted molar refractivity (Wildman–Crippen MR) is 124 cm³/mol. The van der Waals surface area contributed by atoms with Gasteiger partial charge in [0.15, 0.2) is 0 Å². The van der Waals surface area contributed by atoms with Gasteiger partial charge in [-0.1, -0.05) is 53.1 Å². The second-order valence-electron chi connectivity index (χ2n) is 8.58. The van der Waals surface area contributed by atoms with E-state index in [9.17, 15) is 0 Å². The Balaban J connectivity index is 2.45. The van der Waals surface area contributed by atoms with Gasteiger partial charge < -0.3 is 4.90 Å². The van der Waals surface area contributed by atoms with Gasteiger partial charge in [-0.25, -0.2) is 0 Å². The van der Waals surface area contributed by atoms with Gasteiger partial charge in [-0.15, -0.1) is 0 Å². The van der Waals surface area contributed by atoms with Gasteiger partial charge in [-0.2, -0.15) is 0 Å². The van der Waals surface area contributed by atoms with Crippen molar-refractivity contribution in [3.8, 4) is 0 Å². The number of hydrogen-bond donors (Lipinski definition) is 0. The molecule has 3 aromatic carbocycles. The van der Waals surface area contributed by atoms with Crippen LogP contribution < -0.4 is 4.90 Å². The third-order valence-electron chi connectivity index (χ3n) is 5.58. The minimum Gasteiger partial charge on any atom is -0.309 e. The van der Waals surface area contributed by atoms with Gasteiger partial charge in [0.25, 0.3) is 0 Å². The molecule has 0 aliphatic carbocycles. The van der Waals surface area contributed by atoms with E-state index < -0.39 is 0 Å². The van der Waals surface area contributed by atoms with Gasteiger partial charge in [0.05, 0.1) is 17.1 Å². The Kier molecular flexibility index (Phi) is 5.39. The normalized spacial score (nSPS) is 11.0. The van der Waals surface area contributed by atoms with Crippen LogP contribution in [0, 0.1) is 62.3 Å². The van der Waals surface area contributed by atoms with E-state index in [1.54, 1.807) is 0 Å². The Morgan fingerprint density at radius 2 is 0.536 bits per heavy atom. The second kappa shape index (κ2) is 7.47. The van der Waals surface area contributed by atoms with E-state index in [1.807, 2.05) is 0 Å². The molecule has 3 rings (SSSR count). The molecule has 0 fully saturated rings. The van der Waals surface area contributed by atoms with Gasteiger partial charge >= 0.3 is 0 Å². The molecule has 3 aromatic rings. The van der Waals surface area contributed by atoms with Crippen molar-refractivity contribution in [2.45, 2.75) is 62.3 Å². The number of nitrogens with zero attached hydrogens (tertiary/aromatic N) is 1. The molecule has 0 radical (unpaired) electrons. The lowest BCUT2D eigenvalue weighted by molar-refractivity contribution is 1.13. The van der Waals surface area contributed by atoms with Crippen molar-refractivity contribution in [3.05, 3.63) is 86.5 Å². The van der Waals surface area contributed by atoms with Crippen molar-refractivity contribution in [1.29, 1.82) is 0 Å². The molecule has 0 N–H and O–H groups in total. The highest BCUT2D eigenvalue weighted by Crippen LogP contribution is 2.45. The molecule has 146 valence electrons. The minimum absolute atomic E-state index is 1.30. The van der Waals surface area contributed by atoms with Crippen LogP contribution in [0.4, 0.5) is 17.1 Å². The Labute approximate surface area is 171 Å². The molecule has 0 aromatic heterocycles. The highest BCUT2D eigenvalue weighted by Gasteiger charge is 2.23. The zero-order valence-corrected chi connectivity index (χ0v) is 18.9. The smallest absolute Gasteiger partial charge is 0.0520 e. The molecule has 0 saturated heterocycles. The molecule has 0 atom stereocenters. The fourth-order valence-corrected chi connectivity index (χ4v) is 4.91. The number of benzene rings is 3. The third-order valence-corrected chi connectivity index (χ3v) is 5.58. The molecular formula is C27H33N. The van der Waals surface area contributed by atoms with Crippen LogP contribution in [-0.4, -0.2) is 0 Å². The second-order valence-corrected chi connectivity index (χ2v) is 8.58. The highest BCUT2D eigenvalue weighted by molar-refractivity contribution is 5.86. The van der Waals surface area contributed by atoms with E-state index in [2.05, 4.69) is 104 Å². The van der Waals surface area contributed by atoms with E-state index in [0.29, 0.717) is 0 Å². The average Bonchev–Trinajstić information content (AvgIpc) is 2.51. The molecular weight excluding hydrogens is 338 g/mol. The Morgan fingerprint density at radius 1 is 0.357 bits per heavy atom. The molecule has 1 heteroatoms. The lowest BCUT2D eigenvalue weighted by Gasteiger charge is -2.34. The third kappa shape index (κ3) is 3.58. The minimum atomic E-state index is 1.30. The van der Waals surface area contributed by atoms with Crippen LogP contribution in [0.3, 0.4) is 0 Å². The molecule has 0 aliphatic heterocycles. The van der Waals surface area contributed by atoms with Crippen LogP contribution >= 0.6 is 0 Å². The van der Waals surface area contributed by atoms with Gasteiger partial charge in [-0.05, 0) is 95.7 Å². The predicted octanol–water partition coefficient (Wildman–Crippen LogP) is 7.93. The highest BCUT2D eigenvalue weighted by atomic mass is 15.2. The molecule has 0 aliphatic rings. The van der Waals surface area contributed by atoms with Crippen molar-refractivity contribution in [2.24, 2.45) is 0 Å².